The van der Waals surface area contributed by atoms with Crippen molar-refractivity contribution in [1.82, 2.24) is 4.90 Å². The molecule has 0 aliphatic carbocycles. The Morgan fingerprint density at radius 1 is 1.21 bits per heavy atom. The van der Waals surface area contributed by atoms with Crippen molar-refractivity contribution >= 4 is 33.4 Å². The number of carbonyl (C=O) groups is 3. The highest BCUT2D eigenvalue weighted by Gasteiger charge is 2.32. The number of ether oxygens (including phenoxy) is 1. The number of benzene rings is 2. The Kier molecular flexibility index (Phi) is 5.16. The van der Waals surface area contributed by atoms with Gasteiger partial charge in [0.25, 0.3) is 5.91 Å². The van der Waals surface area contributed by atoms with Crippen molar-refractivity contribution in [2.75, 3.05) is 19.0 Å². The van der Waals surface area contributed by atoms with E-state index in [0.717, 1.165) is 11.0 Å². The van der Waals surface area contributed by atoms with E-state index in [1.165, 1.54) is 19.2 Å². The number of nitrogens with one attached hydrogen (secondary N) is 1. The van der Waals surface area contributed by atoms with Crippen LogP contribution in [0.15, 0.2) is 47.4 Å². The maximum Gasteiger partial charge on any atom is 0.261 e. The van der Waals surface area contributed by atoms with Gasteiger partial charge in [-0.25, -0.2) is 13.6 Å². The second-order valence-corrected chi connectivity index (χ2v) is 7.61. The number of primary sulfonamides is 1. The highest BCUT2D eigenvalue weighted by atomic mass is 32.2. The third-order valence-electron chi connectivity index (χ3n) is 4.19. The van der Waals surface area contributed by atoms with Gasteiger partial charge in [0, 0.05) is 11.3 Å². The summed E-state index contributed by atoms with van der Waals surface area (Å²) in [5.74, 6) is -1.68. The topological polar surface area (TPSA) is 136 Å². The number of nitrogens with two attached hydrogens (primary N) is 1. The van der Waals surface area contributed by atoms with Gasteiger partial charge in [-0.3, -0.25) is 19.3 Å². The van der Waals surface area contributed by atoms with Gasteiger partial charge in [0.15, 0.2) is 0 Å². The number of imide groups is 1. The van der Waals surface area contributed by atoms with Crippen molar-refractivity contribution < 1.29 is 27.5 Å². The van der Waals surface area contributed by atoms with Crippen molar-refractivity contribution in [3.63, 3.8) is 0 Å². The van der Waals surface area contributed by atoms with Crippen LogP contribution >= 0.6 is 0 Å². The Morgan fingerprint density at radius 3 is 2.61 bits per heavy atom. The van der Waals surface area contributed by atoms with E-state index in [-0.39, 0.29) is 22.8 Å². The number of methoxy groups -OCH3 is 1. The molecule has 0 fully saturated rings. The highest BCUT2D eigenvalue weighted by Crippen LogP contribution is 2.26. The van der Waals surface area contributed by atoms with E-state index < -0.39 is 34.3 Å². The molecule has 0 bridgehead atoms. The molecule has 3 N–H and O–H groups in total. The van der Waals surface area contributed by atoms with Gasteiger partial charge in [0.05, 0.1) is 13.5 Å². The third kappa shape index (κ3) is 3.87. The number of hydrogen-bond acceptors (Lipinski definition) is 6. The minimum atomic E-state index is -4.08. The lowest BCUT2D eigenvalue weighted by molar-refractivity contribution is -0.131. The molecule has 0 atom stereocenters. The molecule has 1 aliphatic rings. The third-order valence-corrected chi connectivity index (χ3v) is 5.12. The molecule has 9 nitrogen and oxygen atoms in total. The fourth-order valence-electron chi connectivity index (χ4n) is 2.88. The van der Waals surface area contributed by atoms with Crippen LogP contribution in [-0.2, 0) is 26.0 Å². The van der Waals surface area contributed by atoms with E-state index in [0.29, 0.717) is 11.1 Å². The van der Waals surface area contributed by atoms with Crippen LogP contribution in [0.5, 0.6) is 5.75 Å². The van der Waals surface area contributed by atoms with Crippen LogP contribution < -0.4 is 15.2 Å². The van der Waals surface area contributed by atoms with Crippen LogP contribution in [0.4, 0.5) is 5.69 Å². The number of hydrogen-bond donors (Lipinski definition) is 2. The molecule has 146 valence electrons. The predicted molar refractivity (Wildman–Crippen MR) is 99.2 cm³/mol. The van der Waals surface area contributed by atoms with Gasteiger partial charge in [0.2, 0.25) is 21.8 Å². The summed E-state index contributed by atoms with van der Waals surface area (Å²) in [5, 5.41) is 7.60. The van der Waals surface area contributed by atoms with Crippen molar-refractivity contribution in [1.29, 1.82) is 0 Å². The normalized spacial score (nSPS) is 13.9. The van der Waals surface area contributed by atoms with E-state index in [9.17, 15) is 22.8 Å². The van der Waals surface area contributed by atoms with E-state index in [1.807, 2.05) is 0 Å². The van der Waals surface area contributed by atoms with Gasteiger partial charge in [-0.15, -0.1) is 0 Å². The standard InChI is InChI=1S/C18H17N3O6S/c1-27-14-7-6-12(9-15(14)28(19,25)26)20-16(22)10-21-17(23)8-11-4-2-3-5-13(11)18(21)24/h2-7,9H,8,10H2,1H3,(H,20,22)(H2,19,25,26). The molecule has 0 unspecified atom stereocenters. The molecular weight excluding hydrogens is 386 g/mol. The van der Waals surface area contributed by atoms with Gasteiger partial charge in [0.1, 0.15) is 17.2 Å². The van der Waals surface area contributed by atoms with Crippen LogP contribution in [0, 0.1) is 0 Å². The Bertz CT molecular complexity index is 1080. The lowest BCUT2D eigenvalue weighted by Gasteiger charge is -2.26. The van der Waals surface area contributed by atoms with Gasteiger partial charge in [-0.2, -0.15) is 0 Å². The van der Waals surface area contributed by atoms with Crippen molar-refractivity contribution in [3.8, 4) is 5.75 Å². The first kappa shape index (κ1) is 19.5. The number of fused-ring (bicyclic) bond motifs is 1. The van der Waals surface area contributed by atoms with Crippen molar-refractivity contribution in [3.05, 3.63) is 53.6 Å². The number of anilines is 1. The quantitative estimate of drug-likeness (QED) is 0.698. The number of nitrogens with zero attached hydrogens (tertiary/aromatic N) is 1. The molecule has 10 heteroatoms. The van der Waals surface area contributed by atoms with Crippen molar-refractivity contribution in [2.45, 2.75) is 11.3 Å². The average Bonchev–Trinajstić information content (AvgIpc) is 2.64. The lowest BCUT2D eigenvalue weighted by atomic mass is 9.98. The summed E-state index contributed by atoms with van der Waals surface area (Å²) in [7, 11) is -2.79. The molecule has 3 amide bonds. The first-order valence-electron chi connectivity index (χ1n) is 8.14. The predicted octanol–water partition coefficient (Wildman–Crippen LogP) is 0.506. The lowest BCUT2D eigenvalue weighted by Crippen LogP contribution is -2.46. The summed E-state index contributed by atoms with van der Waals surface area (Å²) in [6.45, 7) is -0.497. The fourth-order valence-corrected chi connectivity index (χ4v) is 3.60. The Hall–Kier alpha value is -3.24. The zero-order valence-electron chi connectivity index (χ0n) is 14.8. The number of carbonyl (C=O) groups excluding carboxylic acids is 3. The first-order chi connectivity index (χ1) is 13.2. The summed E-state index contributed by atoms with van der Waals surface area (Å²) < 4.78 is 28.3. The number of rotatable bonds is 5. The monoisotopic (exact) mass is 403 g/mol. The summed E-state index contributed by atoms with van der Waals surface area (Å²) >= 11 is 0. The molecule has 1 heterocycles. The molecule has 1 aliphatic heterocycles. The minimum absolute atomic E-state index is 0.0211. The smallest absolute Gasteiger partial charge is 0.261 e. The molecule has 0 saturated heterocycles. The number of amides is 3. The van der Waals surface area contributed by atoms with E-state index >= 15 is 0 Å². The van der Waals surface area contributed by atoms with E-state index in [4.69, 9.17) is 9.88 Å². The average molecular weight is 403 g/mol. The van der Waals surface area contributed by atoms with Crippen LogP contribution in [0.3, 0.4) is 0 Å². The number of sulfonamides is 1. The van der Waals surface area contributed by atoms with Gasteiger partial charge >= 0.3 is 0 Å². The zero-order chi connectivity index (χ0) is 20.5. The largest absolute Gasteiger partial charge is 0.495 e. The SMILES string of the molecule is COc1ccc(NC(=O)CN2C(=O)Cc3ccccc3C2=O)cc1S(N)(=O)=O. The second-order valence-electron chi connectivity index (χ2n) is 6.08. The van der Waals surface area contributed by atoms with Crippen LogP contribution in [-0.4, -0.2) is 44.7 Å². The van der Waals surface area contributed by atoms with Gasteiger partial charge < -0.3 is 10.1 Å². The summed E-state index contributed by atoms with van der Waals surface area (Å²) in [6.07, 6.45) is 0.0211. The first-order valence-corrected chi connectivity index (χ1v) is 9.68. The van der Waals surface area contributed by atoms with Crippen LogP contribution in [0.1, 0.15) is 15.9 Å². The molecule has 28 heavy (non-hydrogen) atoms. The summed E-state index contributed by atoms with van der Waals surface area (Å²) in [4.78, 5) is 37.6. The van der Waals surface area contributed by atoms with Crippen molar-refractivity contribution in [2.24, 2.45) is 5.14 Å². The van der Waals surface area contributed by atoms with E-state index in [2.05, 4.69) is 5.32 Å². The van der Waals surface area contributed by atoms with Gasteiger partial charge in [-0.05, 0) is 29.8 Å². The Balaban J connectivity index is 1.78. The molecule has 3 rings (SSSR count). The molecule has 0 radical (unpaired) electrons. The molecule has 0 saturated carbocycles. The van der Waals surface area contributed by atoms with Crippen LogP contribution in [0.25, 0.3) is 0 Å². The fraction of sp³-hybridized carbons (Fsp3) is 0.167. The highest BCUT2D eigenvalue weighted by molar-refractivity contribution is 7.89. The van der Waals surface area contributed by atoms with Gasteiger partial charge in [-0.1, -0.05) is 18.2 Å². The Morgan fingerprint density at radius 2 is 1.93 bits per heavy atom. The molecule has 2 aromatic rings. The maximum atomic E-state index is 12.5. The summed E-state index contributed by atoms with van der Waals surface area (Å²) in [5.41, 5.74) is 1.12. The molecule has 2 aromatic carbocycles. The minimum Gasteiger partial charge on any atom is -0.495 e. The molecular formula is C18H17N3O6S. The Labute approximate surface area is 161 Å². The second kappa shape index (κ2) is 7.41. The zero-order valence-corrected chi connectivity index (χ0v) is 15.7. The maximum absolute atomic E-state index is 12.5. The molecule has 0 aromatic heterocycles. The van der Waals surface area contributed by atoms with E-state index in [1.54, 1.807) is 24.3 Å². The molecule has 0 spiro atoms. The summed E-state index contributed by atoms with van der Waals surface area (Å²) in [6, 6.07) is 10.6. The van der Waals surface area contributed by atoms with Crippen LogP contribution in [0.2, 0.25) is 0 Å².